The molecule has 0 bridgehead atoms. The zero-order chi connectivity index (χ0) is 11.9. The molecular weight excluding hydrogens is 296 g/mol. The Morgan fingerprint density at radius 1 is 1.56 bits per heavy atom. The van der Waals surface area contributed by atoms with E-state index in [9.17, 15) is 9.18 Å². The molecule has 1 aliphatic heterocycles. The van der Waals surface area contributed by atoms with Gasteiger partial charge in [0, 0.05) is 24.2 Å². The SMILES string of the molecule is Cc1c(N2CC(Cl)CC2=O)ccc(Br)c1F. The Morgan fingerprint density at radius 2 is 2.25 bits per heavy atom. The second kappa shape index (κ2) is 4.34. The molecule has 0 spiro atoms. The molecule has 2 nitrogen and oxygen atoms in total. The molecule has 1 aliphatic rings. The average Bonchev–Trinajstić information content (AvgIpc) is 2.55. The monoisotopic (exact) mass is 305 g/mol. The Labute approximate surface area is 107 Å². The predicted molar refractivity (Wildman–Crippen MR) is 65.4 cm³/mol. The van der Waals surface area contributed by atoms with E-state index in [0.29, 0.717) is 28.7 Å². The van der Waals surface area contributed by atoms with Gasteiger partial charge in [0.1, 0.15) is 5.82 Å². The first-order chi connectivity index (χ1) is 7.50. The van der Waals surface area contributed by atoms with Gasteiger partial charge in [0.15, 0.2) is 0 Å². The van der Waals surface area contributed by atoms with Crippen molar-refractivity contribution < 1.29 is 9.18 Å². The molecule has 2 rings (SSSR count). The standard InChI is InChI=1S/C11H10BrClFNO/c1-6-9(3-2-8(12)11(6)14)15-5-7(13)4-10(15)16/h2-3,7H,4-5H2,1H3. The maximum Gasteiger partial charge on any atom is 0.228 e. The quantitative estimate of drug-likeness (QED) is 0.729. The van der Waals surface area contributed by atoms with Crippen LogP contribution in [0.25, 0.3) is 0 Å². The van der Waals surface area contributed by atoms with Gasteiger partial charge in [-0.1, -0.05) is 0 Å². The molecule has 1 saturated heterocycles. The fourth-order valence-electron chi connectivity index (χ4n) is 1.83. The summed E-state index contributed by atoms with van der Waals surface area (Å²) in [6, 6.07) is 3.34. The second-order valence-electron chi connectivity index (χ2n) is 3.81. The first-order valence-corrected chi connectivity index (χ1v) is 6.12. The molecule has 0 N–H and O–H groups in total. The van der Waals surface area contributed by atoms with Crippen molar-refractivity contribution >= 4 is 39.1 Å². The highest BCUT2D eigenvalue weighted by molar-refractivity contribution is 9.10. The number of carbonyl (C=O) groups excluding carboxylic acids is 1. The van der Waals surface area contributed by atoms with Crippen LogP contribution >= 0.6 is 27.5 Å². The van der Waals surface area contributed by atoms with Crippen molar-refractivity contribution in [3.8, 4) is 0 Å². The largest absolute Gasteiger partial charge is 0.311 e. The maximum atomic E-state index is 13.7. The van der Waals surface area contributed by atoms with Crippen LogP contribution in [0.1, 0.15) is 12.0 Å². The third kappa shape index (κ3) is 1.96. The lowest BCUT2D eigenvalue weighted by Crippen LogP contribution is -2.25. The average molecular weight is 307 g/mol. The molecule has 16 heavy (non-hydrogen) atoms. The summed E-state index contributed by atoms with van der Waals surface area (Å²) in [5.41, 5.74) is 1.07. The summed E-state index contributed by atoms with van der Waals surface area (Å²) < 4.78 is 14.1. The highest BCUT2D eigenvalue weighted by Crippen LogP contribution is 2.31. The first kappa shape index (κ1) is 11.9. The van der Waals surface area contributed by atoms with E-state index in [4.69, 9.17) is 11.6 Å². The molecule has 1 heterocycles. The van der Waals surface area contributed by atoms with Gasteiger partial charge in [-0.25, -0.2) is 4.39 Å². The topological polar surface area (TPSA) is 20.3 Å². The number of hydrogen-bond acceptors (Lipinski definition) is 1. The number of nitrogens with zero attached hydrogens (tertiary/aromatic N) is 1. The lowest BCUT2D eigenvalue weighted by Gasteiger charge is -2.19. The zero-order valence-electron chi connectivity index (χ0n) is 8.64. The van der Waals surface area contributed by atoms with E-state index in [2.05, 4.69) is 15.9 Å². The number of hydrogen-bond donors (Lipinski definition) is 0. The smallest absolute Gasteiger partial charge is 0.228 e. The maximum absolute atomic E-state index is 13.7. The predicted octanol–water partition coefficient (Wildman–Crippen LogP) is 3.24. The molecule has 1 aromatic carbocycles. The van der Waals surface area contributed by atoms with E-state index >= 15 is 0 Å². The van der Waals surface area contributed by atoms with Gasteiger partial charge in [-0.2, -0.15) is 0 Å². The number of halogens is 3. The molecule has 1 amide bonds. The van der Waals surface area contributed by atoms with Gasteiger partial charge in [-0.15, -0.1) is 11.6 Å². The summed E-state index contributed by atoms with van der Waals surface area (Å²) in [6.07, 6.45) is 0.318. The van der Waals surface area contributed by atoms with Gasteiger partial charge in [-0.3, -0.25) is 4.79 Å². The highest BCUT2D eigenvalue weighted by Gasteiger charge is 2.30. The van der Waals surface area contributed by atoms with Crippen LogP contribution in [0.2, 0.25) is 0 Å². The van der Waals surface area contributed by atoms with Gasteiger partial charge in [0.05, 0.1) is 9.85 Å². The summed E-state index contributed by atoms with van der Waals surface area (Å²) in [5.74, 6) is -0.381. The first-order valence-electron chi connectivity index (χ1n) is 4.89. The number of rotatable bonds is 1. The molecule has 0 saturated carbocycles. The zero-order valence-corrected chi connectivity index (χ0v) is 11.0. The van der Waals surface area contributed by atoms with Gasteiger partial charge in [0.2, 0.25) is 5.91 Å². The van der Waals surface area contributed by atoms with Gasteiger partial charge < -0.3 is 4.90 Å². The molecule has 86 valence electrons. The van der Waals surface area contributed by atoms with Gasteiger partial charge >= 0.3 is 0 Å². The summed E-state index contributed by atoms with van der Waals surface area (Å²) >= 11 is 9.02. The summed E-state index contributed by atoms with van der Waals surface area (Å²) in [7, 11) is 0. The molecule has 1 unspecified atom stereocenters. The lowest BCUT2D eigenvalue weighted by atomic mass is 10.1. The minimum atomic E-state index is -0.330. The highest BCUT2D eigenvalue weighted by atomic mass is 79.9. The van der Waals surface area contributed by atoms with Crippen LogP contribution in [0.5, 0.6) is 0 Å². The van der Waals surface area contributed by atoms with Crippen LogP contribution in [0.4, 0.5) is 10.1 Å². The molecule has 0 aliphatic carbocycles. The van der Waals surface area contributed by atoms with Crippen LogP contribution in [0.3, 0.4) is 0 Å². The minimum Gasteiger partial charge on any atom is -0.311 e. The Kier molecular flexibility index (Phi) is 3.22. The fourth-order valence-corrected chi connectivity index (χ4v) is 2.53. The van der Waals surface area contributed by atoms with Crippen LogP contribution in [-0.4, -0.2) is 17.8 Å². The Hall–Kier alpha value is -0.610. The van der Waals surface area contributed by atoms with Crippen molar-refractivity contribution in [2.75, 3.05) is 11.4 Å². The normalized spacial score (nSPS) is 20.6. The molecule has 1 atom stereocenters. The summed E-state index contributed by atoms with van der Waals surface area (Å²) in [6.45, 7) is 2.10. The third-order valence-electron chi connectivity index (χ3n) is 2.68. The summed E-state index contributed by atoms with van der Waals surface area (Å²) in [4.78, 5) is 13.2. The van der Waals surface area contributed by atoms with Crippen molar-refractivity contribution in [2.24, 2.45) is 0 Å². The van der Waals surface area contributed by atoms with Crippen molar-refractivity contribution in [3.05, 3.63) is 28.0 Å². The molecule has 0 radical (unpaired) electrons. The number of carbonyl (C=O) groups is 1. The van der Waals surface area contributed by atoms with E-state index in [1.807, 2.05) is 0 Å². The van der Waals surface area contributed by atoms with Gasteiger partial charge in [-0.05, 0) is 35.0 Å². The van der Waals surface area contributed by atoms with Crippen LogP contribution in [0, 0.1) is 12.7 Å². The van der Waals surface area contributed by atoms with E-state index < -0.39 is 0 Å². The Bertz CT molecular complexity index is 452. The third-order valence-corrected chi connectivity index (χ3v) is 3.58. The Balaban J connectivity index is 2.42. The molecule has 1 fully saturated rings. The van der Waals surface area contributed by atoms with Crippen molar-refractivity contribution in [2.45, 2.75) is 18.7 Å². The van der Waals surface area contributed by atoms with E-state index in [1.165, 1.54) is 0 Å². The van der Waals surface area contributed by atoms with E-state index in [0.717, 1.165) is 0 Å². The van der Waals surface area contributed by atoms with Crippen LogP contribution < -0.4 is 4.90 Å². The second-order valence-corrected chi connectivity index (χ2v) is 5.28. The van der Waals surface area contributed by atoms with Crippen molar-refractivity contribution in [3.63, 3.8) is 0 Å². The molecule has 0 aromatic heterocycles. The molecule has 1 aromatic rings. The van der Waals surface area contributed by atoms with Crippen molar-refractivity contribution in [1.29, 1.82) is 0 Å². The lowest BCUT2D eigenvalue weighted by molar-refractivity contribution is -0.117. The summed E-state index contributed by atoms with van der Waals surface area (Å²) in [5, 5.41) is -0.182. The number of amides is 1. The van der Waals surface area contributed by atoms with Crippen molar-refractivity contribution in [1.82, 2.24) is 0 Å². The fraction of sp³-hybridized carbons (Fsp3) is 0.364. The van der Waals surface area contributed by atoms with E-state index in [1.54, 1.807) is 24.0 Å². The number of alkyl halides is 1. The molecule has 5 heteroatoms. The van der Waals surface area contributed by atoms with E-state index in [-0.39, 0.29) is 17.1 Å². The van der Waals surface area contributed by atoms with Gasteiger partial charge in [0.25, 0.3) is 0 Å². The number of anilines is 1. The van der Waals surface area contributed by atoms with Crippen LogP contribution in [0.15, 0.2) is 16.6 Å². The number of benzene rings is 1. The van der Waals surface area contributed by atoms with Crippen LogP contribution in [-0.2, 0) is 4.79 Å². The Morgan fingerprint density at radius 3 is 2.81 bits per heavy atom. The molecular formula is C11H10BrClFNO. The minimum absolute atomic E-state index is 0.0511.